The first-order valence-electron chi connectivity index (χ1n) is 11.4. The van der Waals surface area contributed by atoms with Crippen molar-refractivity contribution in [3.63, 3.8) is 0 Å². The molecule has 180 valence electrons. The molecule has 0 saturated heterocycles. The minimum absolute atomic E-state index is 0. The number of thiazole rings is 1. The van der Waals surface area contributed by atoms with Gasteiger partial charge in [-0.1, -0.05) is 55.5 Å². The van der Waals surface area contributed by atoms with Gasteiger partial charge in [0, 0.05) is 13.1 Å². The third kappa shape index (κ3) is 5.19. The number of hydrogen-bond donors (Lipinski definition) is 0. The van der Waals surface area contributed by atoms with Gasteiger partial charge < -0.3 is 9.64 Å². The first-order valence-corrected chi connectivity index (χ1v) is 12.3. The highest BCUT2D eigenvalue weighted by atomic mass is 35.5. The second kappa shape index (κ2) is 11.2. The van der Waals surface area contributed by atoms with E-state index in [9.17, 15) is 4.79 Å². The average molecular weight is 498 g/mol. The molecule has 0 aliphatic heterocycles. The Morgan fingerprint density at radius 3 is 2.32 bits per heavy atom. The molecule has 0 unspecified atom stereocenters. The Labute approximate surface area is 211 Å². The number of methoxy groups -OCH3 is 1. The van der Waals surface area contributed by atoms with Crippen molar-refractivity contribution >= 4 is 55.8 Å². The summed E-state index contributed by atoms with van der Waals surface area (Å²) in [6.45, 7) is 11.7. The maximum atomic E-state index is 14.0. The van der Waals surface area contributed by atoms with Crippen LogP contribution in [0.5, 0.6) is 5.75 Å². The summed E-state index contributed by atoms with van der Waals surface area (Å²) < 4.78 is 6.77. The number of anilines is 1. The molecule has 5 nitrogen and oxygen atoms in total. The fraction of sp³-hybridized carbons (Fsp3) is 0.333. The van der Waals surface area contributed by atoms with Crippen molar-refractivity contribution in [1.82, 2.24) is 9.88 Å². The molecule has 4 aromatic rings. The highest BCUT2D eigenvalue weighted by Crippen LogP contribution is 2.34. The fourth-order valence-electron chi connectivity index (χ4n) is 4.25. The zero-order valence-corrected chi connectivity index (χ0v) is 22.1. The molecule has 0 fully saturated rings. The summed E-state index contributed by atoms with van der Waals surface area (Å²) in [4.78, 5) is 23.0. The minimum atomic E-state index is -0.0850. The predicted octanol–water partition coefficient (Wildman–Crippen LogP) is 6.49. The SMILES string of the molecule is CCN(CC)CCN(C(=O)c1cc2ccccc2cc1OC)c1nc2cc(C)cc(C)c2s1.Cl. The Hall–Kier alpha value is -2.67. The summed E-state index contributed by atoms with van der Waals surface area (Å²) in [5.74, 6) is 0.498. The van der Waals surface area contributed by atoms with Crippen LogP contribution < -0.4 is 9.64 Å². The molecule has 7 heteroatoms. The molecular weight excluding hydrogens is 466 g/mol. The first-order chi connectivity index (χ1) is 15.9. The molecule has 1 aromatic heterocycles. The van der Waals surface area contributed by atoms with Gasteiger partial charge in [-0.25, -0.2) is 4.98 Å². The molecule has 0 radical (unpaired) electrons. The maximum absolute atomic E-state index is 14.0. The second-order valence-corrected chi connectivity index (χ2v) is 9.29. The lowest BCUT2D eigenvalue weighted by Crippen LogP contribution is -2.39. The van der Waals surface area contributed by atoms with Crippen LogP contribution in [0.3, 0.4) is 0 Å². The van der Waals surface area contributed by atoms with Gasteiger partial charge in [0.2, 0.25) is 0 Å². The molecule has 1 amide bonds. The molecule has 0 atom stereocenters. The van der Waals surface area contributed by atoms with Crippen molar-refractivity contribution in [3.05, 3.63) is 65.2 Å². The monoisotopic (exact) mass is 497 g/mol. The Balaban J connectivity index is 0.00000324. The molecule has 1 heterocycles. The number of ether oxygens (including phenoxy) is 1. The van der Waals surface area contributed by atoms with Crippen molar-refractivity contribution in [2.24, 2.45) is 0 Å². The molecule has 0 aliphatic carbocycles. The minimum Gasteiger partial charge on any atom is -0.496 e. The Kier molecular flexibility index (Phi) is 8.52. The van der Waals surface area contributed by atoms with E-state index in [0.717, 1.165) is 45.8 Å². The molecule has 4 rings (SSSR count). The summed E-state index contributed by atoms with van der Waals surface area (Å²) in [6, 6.07) is 16.2. The predicted molar refractivity (Wildman–Crippen MR) is 146 cm³/mol. The number of aromatic nitrogens is 1. The zero-order chi connectivity index (χ0) is 23.5. The topological polar surface area (TPSA) is 45.7 Å². The Morgan fingerprint density at radius 1 is 1.00 bits per heavy atom. The number of carbonyl (C=O) groups excluding carboxylic acids is 1. The van der Waals surface area contributed by atoms with E-state index in [1.54, 1.807) is 18.4 Å². The maximum Gasteiger partial charge on any atom is 0.263 e. The lowest BCUT2D eigenvalue weighted by molar-refractivity contribution is 0.0981. The molecular formula is C27H32ClN3O2S. The first kappa shape index (κ1) is 25.9. The molecule has 34 heavy (non-hydrogen) atoms. The molecule has 3 aromatic carbocycles. The van der Waals surface area contributed by atoms with E-state index in [2.05, 4.69) is 44.7 Å². The quantitative estimate of drug-likeness (QED) is 0.279. The van der Waals surface area contributed by atoms with Crippen LogP contribution in [0.2, 0.25) is 0 Å². The van der Waals surface area contributed by atoms with Crippen LogP contribution in [-0.4, -0.2) is 49.1 Å². The highest BCUT2D eigenvalue weighted by Gasteiger charge is 2.25. The van der Waals surface area contributed by atoms with Gasteiger partial charge in [0.15, 0.2) is 5.13 Å². The van der Waals surface area contributed by atoms with Gasteiger partial charge in [0.25, 0.3) is 5.91 Å². The molecule has 0 aliphatic rings. The zero-order valence-electron chi connectivity index (χ0n) is 20.4. The standard InChI is InChI=1S/C27H31N3O2S.ClH/c1-6-29(7-2)12-13-30(27-28-23-15-18(3)14-19(4)25(23)33-27)26(31)22-16-20-10-8-9-11-21(20)17-24(22)32-5;/h8-11,14-17H,6-7,12-13H2,1-5H3;1H. The third-order valence-corrected chi connectivity index (χ3v) is 7.35. The molecule has 0 saturated carbocycles. The van der Waals surface area contributed by atoms with Crippen LogP contribution in [0.15, 0.2) is 48.5 Å². The number of hydrogen-bond acceptors (Lipinski definition) is 5. The smallest absolute Gasteiger partial charge is 0.263 e. The van der Waals surface area contributed by atoms with Crippen molar-refractivity contribution in [2.75, 3.05) is 38.2 Å². The van der Waals surface area contributed by atoms with Gasteiger partial charge in [-0.2, -0.15) is 0 Å². The molecule has 0 spiro atoms. The van der Waals surface area contributed by atoms with Crippen molar-refractivity contribution in [2.45, 2.75) is 27.7 Å². The number of carbonyl (C=O) groups is 1. The van der Waals surface area contributed by atoms with Gasteiger partial charge in [0.05, 0.1) is 22.9 Å². The summed E-state index contributed by atoms with van der Waals surface area (Å²) in [7, 11) is 1.62. The number of nitrogens with zero attached hydrogens (tertiary/aromatic N) is 3. The van der Waals surface area contributed by atoms with E-state index in [1.165, 1.54) is 11.1 Å². The van der Waals surface area contributed by atoms with Crippen LogP contribution in [0, 0.1) is 13.8 Å². The average Bonchev–Trinajstić information content (AvgIpc) is 3.24. The van der Waals surface area contributed by atoms with E-state index in [1.807, 2.05) is 41.3 Å². The van der Waals surface area contributed by atoms with Crippen molar-refractivity contribution in [1.29, 1.82) is 0 Å². The van der Waals surface area contributed by atoms with E-state index >= 15 is 0 Å². The lowest BCUT2D eigenvalue weighted by atomic mass is 10.0. The lowest BCUT2D eigenvalue weighted by Gasteiger charge is -2.25. The number of aryl methyl sites for hydroxylation is 2. The van der Waals surface area contributed by atoms with Gasteiger partial charge in [-0.3, -0.25) is 9.69 Å². The van der Waals surface area contributed by atoms with Gasteiger partial charge in [-0.05, 0) is 67.0 Å². The van der Waals surface area contributed by atoms with E-state index in [0.29, 0.717) is 17.9 Å². The Bertz CT molecular complexity index is 1300. The van der Waals surface area contributed by atoms with Gasteiger partial charge in [-0.15, -0.1) is 12.4 Å². The van der Waals surface area contributed by atoms with Crippen LogP contribution in [0.4, 0.5) is 5.13 Å². The van der Waals surface area contributed by atoms with E-state index < -0.39 is 0 Å². The number of fused-ring (bicyclic) bond motifs is 2. The summed E-state index contributed by atoms with van der Waals surface area (Å²) in [5, 5.41) is 2.79. The number of likely N-dealkylation sites (N-methyl/N-ethyl adjacent to an activating group) is 1. The normalized spacial score (nSPS) is 11.1. The second-order valence-electron chi connectivity index (χ2n) is 8.31. The molecule has 0 N–H and O–H groups in total. The van der Waals surface area contributed by atoms with Crippen LogP contribution in [-0.2, 0) is 0 Å². The van der Waals surface area contributed by atoms with Crippen LogP contribution in [0.25, 0.3) is 21.0 Å². The van der Waals surface area contributed by atoms with Gasteiger partial charge in [0.1, 0.15) is 5.75 Å². The summed E-state index contributed by atoms with van der Waals surface area (Å²) >= 11 is 1.58. The van der Waals surface area contributed by atoms with Gasteiger partial charge >= 0.3 is 0 Å². The Morgan fingerprint density at radius 2 is 1.68 bits per heavy atom. The largest absolute Gasteiger partial charge is 0.496 e. The number of amides is 1. The fourth-order valence-corrected chi connectivity index (χ4v) is 5.29. The number of halogens is 1. The molecule has 0 bridgehead atoms. The summed E-state index contributed by atoms with van der Waals surface area (Å²) in [5.41, 5.74) is 3.86. The third-order valence-electron chi connectivity index (χ3n) is 6.12. The summed E-state index contributed by atoms with van der Waals surface area (Å²) in [6.07, 6.45) is 0. The highest BCUT2D eigenvalue weighted by molar-refractivity contribution is 7.22. The number of benzene rings is 3. The van der Waals surface area contributed by atoms with Crippen LogP contribution >= 0.6 is 23.7 Å². The van der Waals surface area contributed by atoms with E-state index in [-0.39, 0.29) is 18.3 Å². The number of rotatable bonds is 8. The van der Waals surface area contributed by atoms with Crippen molar-refractivity contribution < 1.29 is 9.53 Å². The van der Waals surface area contributed by atoms with Crippen molar-refractivity contribution in [3.8, 4) is 5.75 Å². The van der Waals surface area contributed by atoms with E-state index in [4.69, 9.17) is 9.72 Å². The van der Waals surface area contributed by atoms with Crippen LogP contribution in [0.1, 0.15) is 35.3 Å².